The molecule has 2 aliphatic rings. The summed E-state index contributed by atoms with van der Waals surface area (Å²) in [6.07, 6.45) is 0.811. The third-order valence-electron chi connectivity index (χ3n) is 6.30. The second-order valence-corrected chi connectivity index (χ2v) is 8.59. The molecule has 2 atom stereocenters. The maximum atomic E-state index is 15.3. The van der Waals surface area contributed by atoms with Gasteiger partial charge in [0.1, 0.15) is 35.4 Å². The number of halogens is 2. The number of aromatic nitrogens is 3. The second-order valence-electron chi connectivity index (χ2n) is 8.15. The Morgan fingerprint density at radius 1 is 1.03 bits per heavy atom. The lowest BCUT2D eigenvalue weighted by molar-refractivity contribution is 0.217. The van der Waals surface area contributed by atoms with E-state index in [9.17, 15) is 0 Å². The summed E-state index contributed by atoms with van der Waals surface area (Å²) in [5.41, 5.74) is 3.46. The zero-order valence-electron chi connectivity index (χ0n) is 18.8. The van der Waals surface area contributed by atoms with Crippen LogP contribution in [0.25, 0.3) is 5.70 Å². The number of fused-ring (bicyclic) bond motifs is 3. The molecule has 176 valence electrons. The van der Waals surface area contributed by atoms with Gasteiger partial charge in [-0.3, -0.25) is 0 Å². The Labute approximate surface area is 205 Å². The predicted octanol–water partition coefficient (Wildman–Crippen LogP) is 5.65. The van der Waals surface area contributed by atoms with Gasteiger partial charge in [0, 0.05) is 33.4 Å². The molecule has 0 saturated heterocycles. The van der Waals surface area contributed by atoms with Gasteiger partial charge in [0.2, 0.25) is 5.95 Å². The fraction of sp³-hybridized carbons (Fsp3) is 0.154. The van der Waals surface area contributed by atoms with Crippen LogP contribution >= 0.6 is 11.6 Å². The zero-order chi connectivity index (χ0) is 24.1. The van der Waals surface area contributed by atoms with Crippen LogP contribution in [0.1, 0.15) is 28.8 Å². The van der Waals surface area contributed by atoms with Crippen LogP contribution in [0, 0.1) is 5.82 Å². The first-order valence-electron chi connectivity index (χ1n) is 10.9. The van der Waals surface area contributed by atoms with Crippen molar-refractivity contribution in [3.63, 3.8) is 0 Å². The maximum Gasteiger partial charge on any atom is 0.226 e. The molecule has 35 heavy (non-hydrogen) atoms. The number of hydrogen-bond donors (Lipinski definition) is 1. The summed E-state index contributed by atoms with van der Waals surface area (Å²) in [6, 6.07) is 17.0. The largest absolute Gasteiger partial charge is 0.497 e. The highest BCUT2D eigenvalue weighted by atomic mass is 35.5. The van der Waals surface area contributed by atoms with Crippen molar-refractivity contribution in [3.05, 3.63) is 100 Å². The molecule has 0 fully saturated rings. The minimum atomic E-state index is -0.631. The highest BCUT2D eigenvalue weighted by Crippen LogP contribution is 2.52. The molecular formula is C26H20ClFN4O3. The average molecular weight is 491 g/mol. The summed E-state index contributed by atoms with van der Waals surface area (Å²) in [4.78, 5) is 4.37. The Bertz CT molecular complexity index is 1490. The summed E-state index contributed by atoms with van der Waals surface area (Å²) in [7, 11) is 3.19. The highest BCUT2D eigenvalue weighted by molar-refractivity contribution is 6.30. The van der Waals surface area contributed by atoms with Crippen LogP contribution in [-0.2, 0) is 0 Å². The van der Waals surface area contributed by atoms with E-state index in [1.807, 2.05) is 24.3 Å². The number of nitrogens with zero attached hydrogens (tertiary/aromatic N) is 3. The van der Waals surface area contributed by atoms with Gasteiger partial charge in [-0.05, 0) is 36.4 Å². The summed E-state index contributed by atoms with van der Waals surface area (Å²) in [5.74, 6) is 1.99. The molecule has 7 nitrogen and oxygen atoms in total. The van der Waals surface area contributed by atoms with E-state index >= 15 is 4.39 Å². The Kier molecular flexibility index (Phi) is 5.11. The second kappa shape index (κ2) is 8.32. The van der Waals surface area contributed by atoms with Crippen molar-refractivity contribution < 1.29 is 18.6 Å². The van der Waals surface area contributed by atoms with E-state index in [1.165, 1.54) is 12.4 Å². The Balaban J connectivity index is 1.65. The molecule has 0 radical (unpaired) electrons. The first-order valence-corrected chi connectivity index (χ1v) is 11.3. The lowest BCUT2D eigenvalue weighted by Gasteiger charge is -2.39. The minimum absolute atomic E-state index is 0.356. The first kappa shape index (κ1) is 21.5. The highest BCUT2D eigenvalue weighted by Gasteiger charge is 2.42. The number of anilines is 1. The molecule has 1 aromatic heterocycles. The lowest BCUT2D eigenvalue weighted by Crippen LogP contribution is -2.33. The van der Waals surface area contributed by atoms with Crippen molar-refractivity contribution in [1.29, 1.82) is 0 Å². The molecule has 2 aliphatic heterocycles. The van der Waals surface area contributed by atoms with Gasteiger partial charge in [-0.1, -0.05) is 29.8 Å². The third-order valence-corrected chi connectivity index (χ3v) is 6.53. The van der Waals surface area contributed by atoms with Crippen LogP contribution in [0.15, 0.2) is 72.6 Å². The van der Waals surface area contributed by atoms with E-state index in [0.29, 0.717) is 33.8 Å². The molecule has 0 aliphatic carbocycles. The van der Waals surface area contributed by atoms with Crippen LogP contribution < -0.4 is 19.5 Å². The Morgan fingerprint density at radius 3 is 2.69 bits per heavy atom. The number of benzene rings is 3. The normalized spacial score (nSPS) is 18.1. The van der Waals surface area contributed by atoms with E-state index in [4.69, 9.17) is 25.8 Å². The van der Waals surface area contributed by atoms with E-state index in [-0.39, 0.29) is 5.82 Å². The molecule has 3 aromatic carbocycles. The molecule has 0 bridgehead atoms. The first-order chi connectivity index (χ1) is 17.1. The van der Waals surface area contributed by atoms with Crippen molar-refractivity contribution >= 4 is 23.2 Å². The van der Waals surface area contributed by atoms with Crippen LogP contribution in [0.3, 0.4) is 0 Å². The Morgan fingerprint density at radius 2 is 1.89 bits per heavy atom. The zero-order valence-corrected chi connectivity index (χ0v) is 19.6. The standard InChI is InChI=1S/C26H20ClFN4O3/c1-33-15-8-9-17(21(12-15)34-2)25-22-23(18-11-14(27)7-10-20(18)35-25)31-26-29-13-30-32(26)24(22)16-5-3-4-6-19(16)28/h3-13,24-25H,1-2H3,(H,29,30,31). The molecule has 1 N–H and O–H groups in total. The molecule has 0 spiro atoms. The molecule has 9 heteroatoms. The maximum absolute atomic E-state index is 15.3. The molecular weight excluding hydrogens is 471 g/mol. The van der Waals surface area contributed by atoms with E-state index in [2.05, 4.69) is 15.4 Å². The smallest absolute Gasteiger partial charge is 0.226 e. The monoisotopic (exact) mass is 490 g/mol. The molecule has 0 amide bonds. The molecule has 0 saturated carbocycles. The van der Waals surface area contributed by atoms with Crippen LogP contribution in [-0.4, -0.2) is 29.0 Å². The number of nitrogens with one attached hydrogen (secondary N) is 1. The van der Waals surface area contributed by atoms with Crippen LogP contribution in [0.5, 0.6) is 17.2 Å². The predicted molar refractivity (Wildman–Crippen MR) is 129 cm³/mol. The minimum Gasteiger partial charge on any atom is -0.497 e. The van der Waals surface area contributed by atoms with Crippen molar-refractivity contribution in [2.45, 2.75) is 12.1 Å². The Hall–Kier alpha value is -4.04. The van der Waals surface area contributed by atoms with Crippen LogP contribution in [0.2, 0.25) is 5.02 Å². The number of rotatable bonds is 4. The third kappa shape index (κ3) is 3.40. The molecule has 4 aromatic rings. The van der Waals surface area contributed by atoms with Crippen molar-refractivity contribution in [1.82, 2.24) is 14.8 Å². The summed E-state index contributed by atoms with van der Waals surface area (Å²) < 4.78 is 34.6. The van der Waals surface area contributed by atoms with Gasteiger partial charge < -0.3 is 19.5 Å². The van der Waals surface area contributed by atoms with Crippen molar-refractivity contribution in [2.24, 2.45) is 0 Å². The number of methoxy groups -OCH3 is 2. The topological polar surface area (TPSA) is 70.4 Å². The van der Waals surface area contributed by atoms with E-state index < -0.39 is 12.1 Å². The van der Waals surface area contributed by atoms with Gasteiger partial charge in [0.05, 0.1) is 19.9 Å². The summed E-state index contributed by atoms with van der Waals surface area (Å²) in [5, 5.41) is 8.36. The SMILES string of the molecule is COc1ccc(C2Oc3ccc(Cl)cc3C3=C2C(c2ccccc2F)n2ncnc2N3)c(OC)c1. The fourth-order valence-corrected chi connectivity index (χ4v) is 4.90. The number of hydrogen-bond acceptors (Lipinski definition) is 6. The van der Waals surface area contributed by atoms with Crippen molar-refractivity contribution in [3.8, 4) is 17.2 Å². The van der Waals surface area contributed by atoms with Crippen LogP contribution in [0.4, 0.5) is 10.3 Å². The van der Waals surface area contributed by atoms with Gasteiger partial charge in [-0.2, -0.15) is 10.1 Å². The summed E-state index contributed by atoms with van der Waals surface area (Å²) >= 11 is 6.37. The fourth-order valence-electron chi connectivity index (χ4n) is 4.73. The van der Waals surface area contributed by atoms with Crippen molar-refractivity contribution in [2.75, 3.05) is 19.5 Å². The quantitative estimate of drug-likeness (QED) is 0.399. The van der Waals surface area contributed by atoms with Gasteiger partial charge >= 0.3 is 0 Å². The molecule has 2 unspecified atom stereocenters. The summed E-state index contributed by atoms with van der Waals surface area (Å²) in [6.45, 7) is 0. The van der Waals surface area contributed by atoms with E-state index in [1.54, 1.807) is 49.2 Å². The average Bonchev–Trinajstić information content (AvgIpc) is 3.36. The number of ether oxygens (including phenoxy) is 3. The molecule has 3 heterocycles. The molecule has 6 rings (SSSR count). The van der Waals surface area contributed by atoms with E-state index in [0.717, 1.165) is 22.4 Å². The van der Waals surface area contributed by atoms with Gasteiger partial charge in [-0.15, -0.1) is 0 Å². The van der Waals surface area contributed by atoms with Gasteiger partial charge in [0.25, 0.3) is 0 Å². The van der Waals surface area contributed by atoms with Gasteiger partial charge in [-0.25, -0.2) is 9.07 Å². The lowest BCUT2D eigenvalue weighted by atomic mass is 9.84. The van der Waals surface area contributed by atoms with Gasteiger partial charge in [0.15, 0.2) is 6.10 Å².